The molecule has 1 aliphatic rings. The van der Waals surface area contributed by atoms with Crippen molar-refractivity contribution in [1.29, 1.82) is 0 Å². The van der Waals surface area contributed by atoms with Crippen LogP contribution in [-0.4, -0.2) is 31.0 Å². The first-order valence-corrected chi connectivity index (χ1v) is 10.6. The van der Waals surface area contributed by atoms with Gasteiger partial charge in [0, 0.05) is 23.4 Å². The molecule has 1 unspecified atom stereocenters. The molecule has 30 heavy (non-hydrogen) atoms. The van der Waals surface area contributed by atoms with Gasteiger partial charge in [0.1, 0.15) is 0 Å². The highest BCUT2D eigenvalue weighted by atomic mass is 16.5. The SMILES string of the molecule is CCC(C(=O)O)c1ccc(-c2noc(-c3nn(CC)c4c3CCC(C)(C)C4)n2)cc1. The molecular weight excluding hydrogens is 380 g/mol. The van der Waals surface area contributed by atoms with Crippen LogP contribution >= 0.6 is 0 Å². The van der Waals surface area contributed by atoms with Crippen LogP contribution in [0.15, 0.2) is 28.8 Å². The maximum atomic E-state index is 11.4. The number of benzene rings is 1. The minimum atomic E-state index is -0.813. The van der Waals surface area contributed by atoms with E-state index in [9.17, 15) is 9.90 Å². The molecule has 0 amide bonds. The van der Waals surface area contributed by atoms with Crippen LogP contribution in [0.5, 0.6) is 0 Å². The fourth-order valence-electron chi connectivity index (χ4n) is 4.29. The third-order valence-corrected chi connectivity index (χ3v) is 6.07. The minimum Gasteiger partial charge on any atom is -0.481 e. The molecule has 158 valence electrons. The van der Waals surface area contributed by atoms with Crippen molar-refractivity contribution in [2.45, 2.75) is 65.8 Å². The van der Waals surface area contributed by atoms with Crippen molar-refractivity contribution in [3.05, 3.63) is 41.1 Å². The van der Waals surface area contributed by atoms with Crippen molar-refractivity contribution >= 4 is 5.97 Å². The van der Waals surface area contributed by atoms with Gasteiger partial charge in [-0.1, -0.05) is 50.2 Å². The number of fused-ring (bicyclic) bond motifs is 1. The largest absolute Gasteiger partial charge is 0.481 e. The van der Waals surface area contributed by atoms with Gasteiger partial charge in [-0.25, -0.2) is 0 Å². The average molecular weight is 409 g/mol. The Bertz CT molecular complexity index is 1060. The van der Waals surface area contributed by atoms with Gasteiger partial charge in [0.25, 0.3) is 5.89 Å². The molecule has 0 aliphatic heterocycles. The second-order valence-electron chi connectivity index (χ2n) is 8.77. The first-order valence-electron chi connectivity index (χ1n) is 10.6. The van der Waals surface area contributed by atoms with E-state index in [4.69, 9.17) is 9.62 Å². The zero-order valence-corrected chi connectivity index (χ0v) is 18.0. The van der Waals surface area contributed by atoms with Crippen molar-refractivity contribution < 1.29 is 14.4 Å². The van der Waals surface area contributed by atoms with Crippen LogP contribution in [0.1, 0.15) is 63.3 Å². The Kier molecular flexibility index (Phi) is 5.22. The van der Waals surface area contributed by atoms with E-state index in [2.05, 4.69) is 35.6 Å². The van der Waals surface area contributed by atoms with Crippen LogP contribution in [0.3, 0.4) is 0 Å². The molecule has 7 heteroatoms. The van der Waals surface area contributed by atoms with Gasteiger partial charge < -0.3 is 9.63 Å². The van der Waals surface area contributed by atoms with Crippen molar-refractivity contribution in [3.8, 4) is 23.0 Å². The van der Waals surface area contributed by atoms with Crippen LogP contribution in [0.25, 0.3) is 23.0 Å². The summed E-state index contributed by atoms with van der Waals surface area (Å²) in [6, 6.07) is 7.34. The number of aryl methyl sites for hydroxylation is 1. The summed E-state index contributed by atoms with van der Waals surface area (Å²) in [5.41, 5.74) is 5.11. The fraction of sp³-hybridized carbons (Fsp3) is 0.478. The Hall–Kier alpha value is -2.96. The van der Waals surface area contributed by atoms with Crippen molar-refractivity contribution in [1.82, 2.24) is 19.9 Å². The van der Waals surface area contributed by atoms with E-state index in [-0.39, 0.29) is 5.41 Å². The molecule has 0 bridgehead atoms. The number of hydrogen-bond donors (Lipinski definition) is 1. The molecule has 0 spiro atoms. The van der Waals surface area contributed by atoms with Crippen LogP contribution in [0.2, 0.25) is 0 Å². The molecule has 1 aliphatic carbocycles. The second kappa shape index (κ2) is 7.70. The Morgan fingerprint density at radius 2 is 2.00 bits per heavy atom. The number of carboxylic acid groups (broad SMARTS) is 1. The van der Waals surface area contributed by atoms with Gasteiger partial charge in [-0.2, -0.15) is 10.1 Å². The number of rotatable bonds is 6. The monoisotopic (exact) mass is 408 g/mol. The number of nitrogens with zero attached hydrogens (tertiary/aromatic N) is 4. The summed E-state index contributed by atoms with van der Waals surface area (Å²) < 4.78 is 7.64. The predicted octanol–water partition coefficient (Wildman–Crippen LogP) is 4.71. The highest BCUT2D eigenvalue weighted by Gasteiger charge is 2.32. The van der Waals surface area contributed by atoms with Crippen molar-refractivity contribution in [2.24, 2.45) is 5.41 Å². The molecule has 1 N–H and O–H groups in total. The van der Waals surface area contributed by atoms with Gasteiger partial charge in [-0.05, 0) is 43.6 Å². The van der Waals surface area contributed by atoms with Gasteiger partial charge in [0.15, 0.2) is 5.69 Å². The molecule has 1 atom stereocenters. The Labute approximate surface area is 176 Å². The summed E-state index contributed by atoms with van der Waals surface area (Å²) in [5, 5.41) is 18.3. The lowest BCUT2D eigenvalue weighted by molar-refractivity contribution is -0.138. The van der Waals surface area contributed by atoms with E-state index < -0.39 is 11.9 Å². The molecule has 3 aromatic rings. The zero-order valence-electron chi connectivity index (χ0n) is 18.0. The molecular formula is C23H28N4O3. The summed E-state index contributed by atoms with van der Waals surface area (Å²) in [6.07, 6.45) is 3.60. The van der Waals surface area contributed by atoms with Crippen LogP contribution in [-0.2, 0) is 24.2 Å². The summed E-state index contributed by atoms with van der Waals surface area (Å²) in [6.45, 7) is 9.37. The molecule has 0 fully saturated rings. The highest BCUT2D eigenvalue weighted by Crippen LogP contribution is 2.39. The summed E-state index contributed by atoms with van der Waals surface area (Å²) >= 11 is 0. The Morgan fingerprint density at radius 3 is 2.63 bits per heavy atom. The quantitative estimate of drug-likeness (QED) is 0.635. The average Bonchev–Trinajstić information content (AvgIpc) is 3.32. The third kappa shape index (κ3) is 3.64. The van der Waals surface area contributed by atoms with E-state index in [1.807, 2.05) is 31.2 Å². The van der Waals surface area contributed by atoms with Gasteiger partial charge in [0.05, 0.1) is 5.92 Å². The van der Waals surface area contributed by atoms with Crippen molar-refractivity contribution in [2.75, 3.05) is 0 Å². The van der Waals surface area contributed by atoms with E-state index in [0.29, 0.717) is 18.1 Å². The van der Waals surface area contributed by atoms with Crippen LogP contribution in [0.4, 0.5) is 0 Å². The summed E-state index contributed by atoms with van der Waals surface area (Å²) in [7, 11) is 0. The standard InChI is InChI=1S/C23H28N4O3/c1-5-16(22(28)29)14-7-9-15(10-8-14)20-24-21(30-26-20)19-17-11-12-23(3,4)13-18(17)27(6-2)25-19/h7-10,16H,5-6,11-13H2,1-4H3,(H,28,29). The van der Waals surface area contributed by atoms with E-state index in [1.165, 1.54) is 11.3 Å². The highest BCUT2D eigenvalue weighted by molar-refractivity contribution is 5.76. The van der Waals surface area contributed by atoms with Gasteiger partial charge in [0.2, 0.25) is 5.82 Å². The number of carbonyl (C=O) groups is 1. The number of carboxylic acids is 1. The molecule has 0 saturated heterocycles. The van der Waals surface area contributed by atoms with E-state index in [0.717, 1.165) is 42.6 Å². The molecule has 7 nitrogen and oxygen atoms in total. The first-order chi connectivity index (χ1) is 14.3. The first kappa shape index (κ1) is 20.3. The molecule has 2 aromatic heterocycles. The summed E-state index contributed by atoms with van der Waals surface area (Å²) in [5.74, 6) is -0.398. The topological polar surface area (TPSA) is 94.0 Å². The Morgan fingerprint density at radius 1 is 1.27 bits per heavy atom. The van der Waals surface area contributed by atoms with Gasteiger partial charge in [-0.3, -0.25) is 9.48 Å². The number of aliphatic carboxylic acids is 1. The molecule has 1 aromatic carbocycles. The minimum absolute atomic E-state index is 0.269. The molecule has 0 radical (unpaired) electrons. The summed E-state index contributed by atoms with van der Waals surface area (Å²) in [4.78, 5) is 16.0. The van der Waals surface area contributed by atoms with E-state index >= 15 is 0 Å². The normalized spacial score (nSPS) is 16.3. The maximum absolute atomic E-state index is 11.4. The fourth-order valence-corrected chi connectivity index (χ4v) is 4.29. The van der Waals surface area contributed by atoms with E-state index in [1.54, 1.807) is 0 Å². The third-order valence-electron chi connectivity index (χ3n) is 6.07. The van der Waals surface area contributed by atoms with Crippen LogP contribution in [0, 0.1) is 5.41 Å². The molecule has 2 heterocycles. The lowest BCUT2D eigenvalue weighted by Gasteiger charge is -2.30. The van der Waals surface area contributed by atoms with Gasteiger partial charge in [-0.15, -0.1) is 0 Å². The number of aromatic nitrogens is 4. The second-order valence-corrected chi connectivity index (χ2v) is 8.77. The molecule has 4 rings (SSSR count). The van der Waals surface area contributed by atoms with Gasteiger partial charge >= 0.3 is 5.97 Å². The number of hydrogen-bond acceptors (Lipinski definition) is 5. The molecule has 0 saturated carbocycles. The van der Waals surface area contributed by atoms with Crippen LogP contribution < -0.4 is 0 Å². The lowest BCUT2D eigenvalue weighted by atomic mass is 9.76. The van der Waals surface area contributed by atoms with Crippen molar-refractivity contribution in [3.63, 3.8) is 0 Å². The Balaban J connectivity index is 1.64. The predicted molar refractivity (Wildman–Crippen MR) is 113 cm³/mol. The lowest BCUT2D eigenvalue weighted by Crippen LogP contribution is -2.24. The smallest absolute Gasteiger partial charge is 0.310 e. The zero-order chi connectivity index (χ0) is 21.5. The maximum Gasteiger partial charge on any atom is 0.310 e.